The first-order valence-corrected chi connectivity index (χ1v) is 13.2. The second kappa shape index (κ2) is 10.1. The van der Waals surface area contributed by atoms with E-state index >= 15 is 4.39 Å². The second-order valence-electron chi connectivity index (χ2n) is 9.94. The van der Waals surface area contributed by atoms with Crippen LogP contribution in [0, 0.1) is 11.7 Å². The number of sulfone groups is 1. The molecule has 33 heavy (non-hydrogen) atoms. The highest BCUT2D eigenvalue weighted by molar-refractivity contribution is 7.90. The van der Waals surface area contributed by atoms with Gasteiger partial charge in [0.1, 0.15) is 11.8 Å². The average Bonchev–Trinajstić information content (AvgIpc) is 2.71. The molecular formula is C23H34F2N2O5S. The minimum absolute atomic E-state index is 0.0294. The quantitative estimate of drug-likeness (QED) is 0.630. The monoisotopic (exact) mass is 488 g/mol. The zero-order chi connectivity index (χ0) is 24.4. The number of benzene rings is 1. The average molecular weight is 489 g/mol. The zero-order valence-corrected chi connectivity index (χ0v) is 20.5. The number of rotatable bonds is 5. The van der Waals surface area contributed by atoms with E-state index in [9.17, 15) is 17.6 Å². The summed E-state index contributed by atoms with van der Waals surface area (Å²) in [4.78, 5) is 15.9. The fraction of sp³-hybridized carbons (Fsp3) is 0.696. The van der Waals surface area contributed by atoms with Gasteiger partial charge in [0.15, 0.2) is 21.4 Å². The van der Waals surface area contributed by atoms with Crippen LogP contribution in [0.25, 0.3) is 0 Å². The molecule has 1 amide bonds. The highest BCUT2D eigenvalue weighted by Gasteiger charge is 2.37. The number of amides is 1. The summed E-state index contributed by atoms with van der Waals surface area (Å²) in [5, 5.41) is 0. The Morgan fingerprint density at radius 1 is 1.15 bits per heavy atom. The van der Waals surface area contributed by atoms with Gasteiger partial charge in [0.05, 0.1) is 11.5 Å². The fourth-order valence-electron chi connectivity index (χ4n) is 4.34. The van der Waals surface area contributed by atoms with Gasteiger partial charge >= 0.3 is 6.09 Å². The van der Waals surface area contributed by atoms with Crippen molar-refractivity contribution in [1.82, 2.24) is 9.80 Å². The van der Waals surface area contributed by atoms with Crippen molar-refractivity contribution in [3.05, 3.63) is 24.0 Å². The molecule has 1 heterocycles. The molecule has 0 bridgehead atoms. The van der Waals surface area contributed by atoms with E-state index in [1.165, 1.54) is 12.1 Å². The van der Waals surface area contributed by atoms with Crippen LogP contribution < -0.4 is 4.74 Å². The van der Waals surface area contributed by atoms with Crippen LogP contribution in [0.3, 0.4) is 0 Å². The van der Waals surface area contributed by atoms with Crippen molar-refractivity contribution < 1.29 is 31.5 Å². The normalized spacial score (nSPS) is 25.0. The van der Waals surface area contributed by atoms with Gasteiger partial charge < -0.3 is 14.4 Å². The maximum atomic E-state index is 15.0. The van der Waals surface area contributed by atoms with Crippen LogP contribution in [0.4, 0.5) is 13.6 Å². The van der Waals surface area contributed by atoms with Crippen molar-refractivity contribution in [2.45, 2.75) is 62.7 Å². The van der Waals surface area contributed by atoms with Gasteiger partial charge in [-0.25, -0.2) is 22.0 Å². The van der Waals surface area contributed by atoms with Gasteiger partial charge in [0.25, 0.3) is 0 Å². The van der Waals surface area contributed by atoms with Crippen molar-refractivity contribution in [3.8, 4) is 5.75 Å². The van der Waals surface area contributed by atoms with Crippen LogP contribution in [-0.4, -0.2) is 81.2 Å². The smallest absolute Gasteiger partial charge is 0.410 e. The third kappa shape index (κ3) is 7.02. The molecule has 2 fully saturated rings. The van der Waals surface area contributed by atoms with E-state index in [0.29, 0.717) is 39.0 Å². The van der Waals surface area contributed by atoms with Crippen molar-refractivity contribution in [2.75, 3.05) is 39.0 Å². The summed E-state index contributed by atoms with van der Waals surface area (Å²) in [6.07, 6.45) is 1.38. The molecule has 3 rings (SSSR count). The number of carbonyl (C=O) groups excluding carboxylic acids is 1. The maximum Gasteiger partial charge on any atom is 0.410 e. The molecule has 0 spiro atoms. The lowest BCUT2D eigenvalue weighted by Gasteiger charge is -2.43. The number of ether oxygens (including phenoxy) is 2. The molecule has 2 aliphatic rings. The minimum Gasteiger partial charge on any atom is -0.490 e. The second-order valence-corrected chi connectivity index (χ2v) is 12.0. The number of hydrogen-bond donors (Lipinski definition) is 0. The van der Waals surface area contributed by atoms with Crippen LogP contribution in [0.15, 0.2) is 23.1 Å². The van der Waals surface area contributed by atoms with E-state index < -0.39 is 27.4 Å². The highest BCUT2D eigenvalue weighted by atomic mass is 32.2. The van der Waals surface area contributed by atoms with Gasteiger partial charge in [-0.1, -0.05) is 0 Å². The Balaban J connectivity index is 1.46. The van der Waals surface area contributed by atoms with Crippen LogP contribution >= 0.6 is 0 Å². The summed E-state index contributed by atoms with van der Waals surface area (Å²) >= 11 is 0. The molecule has 3 atom stereocenters. The Bertz CT molecular complexity index is 943. The van der Waals surface area contributed by atoms with E-state index in [0.717, 1.165) is 18.7 Å². The number of alkyl halides is 1. The van der Waals surface area contributed by atoms with E-state index in [4.69, 9.17) is 9.47 Å². The van der Waals surface area contributed by atoms with Crippen LogP contribution in [0.5, 0.6) is 5.75 Å². The highest BCUT2D eigenvalue weighted by Crippen LogP contribution is 2.32. The topological polar surface area (TPSA) is 76.2 Å². The zero-order valence-electron chi connectivity index (χ0n) is 19.7. The molecule has 186 valence electrons. The Kier molecular flexibility index (Phi) is 7.88. The van der Waals surface area contributed by atoms with E-state index in [-0.39, 0.29) is 35.3 Å². The summed E-state index contributed by atoms with van der Waals surface area (Å²) in [6.45, 7) is 7.88. The molecule has 1 aromatic carbocycles. The Hall–Kier alpha value is -1.94. The van der Waals surface area contributed by atoms with E-state index in [1.807, 2.05) is 20.8 Å². The lowest BCUT2D eigenvalue weighted by Crippen LogP contribution is -2.56. The number of nitrogens with zero attached hydrogens (tertiary/aromatic N) is 2. The Labute approximate surface area is 194 Å². The Morgan fingerprint density at radius 2 is 1.82 bits per heavy atom. The van der Waals surface area contributed by atoms with Crippen molar-refractivity contribution >= 4 is 15.9 Å². The molecule has 7 nitrogen and oxygen atoms in total. The number of halogens is 2. The van der Waals surface area contributed by atoms with Gasteiger partial charge in [0, 0.05) is 38.5 Å². The molecule has 0 unspecified atom stereocenters. The van der Waals surface area contributed by atoms with Gasteiger partial charge in [-0.15, -0.1) is 0 Å². The number of piperazine rings is 1. The van der Waals surface area contributed by atoms with Crippen LogP contribution in [0.1, 0.15) is 40.0 Å². The molecule has 10 heteroatoms. The van der Waals surface area contributed by atoms with Crippen LogP contribution in [-0.2, 0) is 14.6 Å². The van der Waals surface area contributed by atoms with Gasteiger partial charge in [-0.3, -0.25) is 4.90 Å². The van der Waals surface area contributed by atoms with Gasteiger partial charge in [-0.05, 0) is 64.2 Å². The summed E-state index contributed by atoms with van der Waals surface area (Å²) in [6, 6.07) is 3.34. The molecule has 0 aromatic heterocycles. The third-order valence-electron chi connectivity index (χ3n) is 6.09. The maximum absolute atomic E-state index is 15.0. The molecule has 1 aromatic rings. The Morgan fingerprint density at radius 3 is 2.36 bits per heavy atom. The van der Waals surface area contributed by atoms with E-state index in [1.54, 1.807) is 4.90 Å². The summed E-state index contributed by atoms with van der Waals surface area (Å²) < 4.78 is 63.2. The first kappa shape index (κ1) is 25.7. The predicted octanol–water partition coefficient (Wildman–Crippen LogP) is 3.67. The fourth-order valence-corrected chi connectivity index (χ4v) is 4.98. The summed E-state index contributed by atoms with van der Waals surface area (Å²) in [5.41, 5.74) is -0.544. The minimum atomic E-state index is -3.50. The summed E-state index contributed by atoms with van der Waals surface area (Å²) in [5.74, 6) is -0.822. The first-order chi connectivity index (χ1) is 15.3. The lowest BCUT2D eigenvalue weighted by atomic mass is 9.84. The van der Waals surface area contributed by atoms with Crippen LogP contribution in [0.2, 0.25) is 0 Å². The van der Waals surface area contributed by atoms with Crippen molar-refractivity contribution in [1.29, 1.82) is 0 Å². The van der Waals surface area contributed by atoms with E-state index in [2.05, 4.69) is 4.90 Å². The molecule has 1 aliphatic carbocycles. The summed E-state index contributed by atoms with van der Waals surface area (Å²) in [7, 11) is -3.50. The third-order valence-corrected chi connectivity index (χ3v) is 7.20. The molecule has 1 saturated carbocycles. The number of carbonyl (C=O) groups is 1. The first-order valence-electron chi connectivity index (χ1n) is 11.3. The predicted molar refractivity (Wildman–Crippen MR) is 120 cm³/mol. The molecular weight excluding hydrogens is 454 g/mol. The largest absolute Gasteiger partial charge is 0.490 e. The lowest BCUT2D eigenvalue weighted by molar-refractivity contribution is -0.00677. The number of hydrogen-bond acceptors (Lipinski definition) is 6. The van der Waals surface area contributed by atoms with Crippen molar-refractivity contribution in [3.63, 3.8) is 0 Å². The molecule has 1 aliphatic heterocycles. The molecule has 0 N–H and O–H groups in total. The molecule has 0 radical (unpaired) electrons. The van der Waals surface area contributed by atoms with Gasteiger partial charge in [-0.2, -0.15) is 0 Å². The van der Waals surface area contributed by atoms with Crippen molar-refractivity contribution in [2.24, 2.45) is 5.92 Å². The van der Waals surface area contributed by atoms with Gasteiger partial charge in [0.2, 0.25) is 0 Å². The SMILES string of the molecule is CC(C)(C)OC(=O)N1CCN([C@@H]2CC[C@@H](COc3ccc(S(C)(=O)=O)cc3F)C[C@@H]2F)CC1. The molecule has 1 saturated heterocycles. The standard InChI is InChI=1S/C23H34F2N2O5S/c1-23(2,3)32-22(28)27-11-9-26(10-12-27)20-7-5-16(13-18(20)24)15-31-21-8-6-17(14-19(21)25)33(4,29)30/h6,8,14,16,18,20H,5,7,9-13,15H2,1-4H3/t16-,18+,20-/m1/s1.